The van der Waals surface area contributed by atoms with Gasteiger partial charge in [0, 0.05) is 0 Å². The number of hydrogen-bond acceptors (Lipinski definition) is 4. The molecule has 0 unspecified atom stereocenters. The normalized spacial score (nSPS) is 16.4. The van der Waals surface area contributed by atoms with Gasteiger partial charge in [0.25, 0.3) is 5.91 Å². The number of carbonyl (C=O) groups excluding carboxylic acids is 1. The highest BCUT2D eigenvalue weighted by Gasteiger charge is 2.20. The molecule has 0 aromatic carbocycles. The quantitative estimate of drug-likeness (QED) is 0.748. The van der Waals surface area contributed by atoms with E-state index in [1.807, 2.05) is 6.07 Å². The Kier molecular flexibility index (Phi) is 4.91. The van der Waals surface area contributed by atoms with Crippen molar-refractivity contribution in [3.63, 3.8) is 0 Å². The minimum atomic E-state index is -0.231. The summed E-state index contributed by atoms with van der Waals surface area (Å²) in [6.07, 6.45) is 2.26. The summed E-state index contributed by atoms with van der Waals surface area (Å²) in [5.74, 6) is 1.33. The van der Waals surface area contributed by atoms with Crippen molar-refractivity contribution in [3.8, 4) is 6.07 Å². The molecule has 3 nitrogen and oxygen atoms in total. The van der Waals surface area contributed by atoms with Gasteiger partial charge in [-0.25, -0.2) is 0 Å². The van der Waals surface area contributed by atoms with E-state index in [4.69, 9.17) is 5.26 Å². The number of rotatable bonds is 4. The van der Waals surface area contributed by atoms with Gasteiger partial charge in [-0.05, 0) is 12.2 Å². The largest absolute Gasteiger partial charge is 0.342 e. The van der Waals surface area contributed by atoms with E-state index in [1.54, 1.807) is 11.8 Å². The Balaban J connectivity index is 2.62. The first-order valence-electron chi connectivity index (χ1n) is 4.47. The monoisotopic (exact) mass is 228 g/mol. The Morgan fingerprint density at radius 2 is 2.50 bits per heavy atom. The van der Waals surface area contributed by atoms with Gasteiger partial charge in [0.15, 0.2) is 0 Å². The van der Waals surface area contributed by atoms with E-state index in [2.05, 4.69) is 12.2 Å². The number of nitrogens with one attached hydrogen (secondary N) is 1. The molecule has 0 bridgehead atoms. The van der Waals surface area contributed by atoms with Crippen molar-refractivity contribution >= 4 is 29.4 Å². The van der Waals surface area contributed by atoms with Crippen LogP contribution in [0, 0.1) is 11.3 Å². The number of amides is 1. The Hall–Kier alpha value is -0.600. The predicted molar refractivity (Wildman–Crippen MR) is 60.6 cm³/mol. The number of hydrogen-bond donors (Lipinski definition) is 1. The molecular weight excluding hydrogens is 216 g/mol. The van der Waals surface area contributed by atoms with Gasteiger partial charge >= 0.3 is 0 Å². The molecule has 0 fully saturated rings. The fourth-order valence-electron chi connectivity index (χ4n) is 0.940. The first-order chi connectivity index (χ1) is 6.79. The van der Waals surface area contributed by atoms with Crippen LogP contribution >= 0.6 is 23.5 Å². The van der Waals surface area contributed by atoms with Crippen molar-refractivity contribution < 1.29 is 4.79 Å². The van der Waals surface area contributed by atoms with Crippen LogP contribution in [0.4, 0.5) is 0 Å². The number of unbranched alkanes of at least 4 members (excludes halogenated alkanes) is 1. The lowest BCUT2D eigenvalue weighted by Gasteiger charge is -2.14. The van der Waals surface area contributed by atoms with Crippen molar-refractivity contribution in [1.29, 1.82) is 5.26 Å². The van der Waals surface area contributed by atoms with Crippen molar-refractivity contribution in [2.24, 2.45) is 0 Å². The summed E-state index contributed by atoms with van der Waals surface area (Å²) in [5, 5.41) is 11.4. The summed E-state index contributed by atoms with van der Waals surface area (Å²) in [7, 11) is 0. The number of nitrogens with zero attached hydrogens (tertiary/aromatic N) is 1. The third-order valence-electron chi connectivity index (χ3n) is 1.71. The molecule has 0 aromatic heterocycles. The Labute approximate surface area is 92.3 Å². The summed E-state index contributed by atoms with van der Waals surface area (Å²) in [5.41, 5.74) is 0.280. The van der Waals surface area contributed by atoms with Crippen LogP contribution < -0.4 is 5.32 Å². The molecule has 1 N–H and O–H groups in total. The Morgan fingerprint density at radius 1 is 1.71 bits per heavy atom. The molecule has 5 heteroatoms. The topological polar surface area (TPSA) is 52.9 Å². The van der Waals surface area contributed by atoms with E-state index >= 15 is 0 Å². The molecule has 0 aliphatic carbocycles. The predicted octanol–water partition coefficient (Wildman–Crippen LogP) is 2.08. The van der Waals surface area contributed by atoms with Gasteiger partial charge in [0.1, 0.15) is 11.6 Å². The van der Waals surface area contributed by atoms with Crippen LogP contribution in [0.1, 0.15) is 19.8 Å². The fourth-order valence-corrected chi connectivity index (χ4v) is 3.22. The summed E-state index contributed by atoms with van der Waals surface area (Å²) >= 11 is 3.16. The van der Waals surface area contributed by atoms with Crippen LogP contribution in [0.5, 0.6) is 0 Å². The number of nitriles is 1. The van der Waals surface area contributed by atoms with E-state index in [1.165, 1.54) is 11.8 Å². The van der Waals surface area contributed by atoms with E-state index < -0.39 is 0 Å². The van der Waals surface area contributed by atoms with Crippen LogP contribution in [0.15, 0.2) is 9.81 Å². The maximum atomic E-state index is 11.3. The van der Waals surface area contributed by atoms with Gasteiger partial charge in [-0.3, -0.25) is 4.79 Å². The van der Waals surface area contributed by atoms with E-state index in [9.17, 15) is 4.79 Å². The number of carbonyl (C=O) groups is 1. The summed E-state index contributed by atoms with van der Waals surface area (Å²) in [6, 6.07) is 1.96. The average molecular weight is 228 g/mol. The molecule has 0 spiro atoms. The second-order valence-corrected chi connectivity index (χ2v) is 5.12. The third-order valence-corrected chi connectivity index (χ3v) is 4.13. The summed E-state index contributed by atoms with van der Waals surface area (Å²) in [6.45, 7) is 2.13. The van der Waals surface area contributed by atoms with Crippen LogP contribution in [-0.4, -0.2) is 17.5 Å². The van der Waals surface area contributed by atoms with Crippen LogP contribution in [0.25, 0.3) is 0 Å². The minimum Gasteiger partial charge on any atom is -0.342 e. The summed E-state index contributed by atoms with van der Waals surface area (Å²) in [4.78, 5) is 11.3. The molecule has 76 valence electrons. The lowest BCUT2D eigenvalue weighted by molar-refractivity contribution is -0.116. The van der Waals surface area contributed by atoms with E-state index in [0.717, 1.165) is 22.8 Å². The molecule has 1 aliphatic rings. The summed E-state index contributed by atoms with van der Waals surface area (Å²) < 4.78 is 0.879. The van der Waals surface area contributed by atoms with Crippen molar-refractivity contribution in [1.82, 2.24) is 5.32 Å². The zero-order valence-electron chi connectivity index (χ0n) is 8.00. The zero-order chi connectivity index (χ0) is 10.4. The van der Waals surface area contributed by atoms with Crippen molar-refractivity contribution in [2.75, 3.05) is 11.6 Å². The second kappa shape index (κ2) is 5.99. The smallest absolute Gasteiger partial charge is 0.264 e. The molecule has 0 aromatic rings. The van der Waals surface area contributed by atoms with Gasteiger partial charge in [-0.15, -0.1) is 11.8 Å². The average Bonchev–Trinajstić information content (AvgIpc) is 2.18. The highest BCUT2D eigenvalue weighted by atomic mass is 32.2. The van der Waals surface area contributed by atoms with Gasteiger partial charge in [-0.1, -0.05) is 25.1 Å². The lowest BCUT2D eigenvalue weighted by Crippen LogP contribution is -2.28. The number of thioether (sulfide) groups is 2. The fraction of sp³-hybridized carbons (Fsp3) is 0.556. The highest BCUT2D eigenvalue weighted by Crippen LogP contribution is 2.33. The SMILES string of the molecule is CCCCSC1=C(C#N)C(=O)NCS1. The maximum Gasteiger partial charge on any atom is 0.264 e. The van der Waals surface area contributed by atoms with Crippen molar-refractivity contribution in [3.05, 3.63) is 9.81 Å². The van der Waals surface area contributed by atoms with Crippen LogP contribution in [0.3, 0.4) is 0 Å². The highest BCUT2D eigenvalue weighted by molar-refractivity contribution is 8.22. The van der Waals surface area contributed by atoms with Crippen LogP contribution in [0.2, 0.25) is 0 Å². The lowest BCUT2D eigenvalue weighted by atomic mass is 10.3. The molecule has 0 saturated carbocycles. The first kappa shape index (κ1) is 11.5. The molecule has 0 atom stereocenters. The van der Waals surface area contributed by atoms with E-state index in [-0.39, 0.29) is 11.5 Å². The van der Waals surface area contributed by atoms with Gasteiger partial charge < -0.3 is 5.32 Å². The van der Waals surface area contributed by atoms with E-state index in [0.29, 0.717) is 5.88 Å². The molecule has 0 radical (unpaired) electrons. The molecule has 1 heterocycles. The standard InChI is InChI=1S/C9H12N2OS2/c1-2-3-4-13-9-7(5-10)8(12)11-6-14-9/h2-4,6H2,1H3,(H,11,12). The van der Waals surface area contributed by atoms with Crippen molar-refractivity contribution in [2.45, 2.75) is 19.8 Å². The molecular formula is C9H12N2OS2. The first-order valence-corrected chi connectivity index (χ1v) is 6.45. The Bertz CT molecular complexity index is 294. The molecule has 1 aliphatic heterocycles. The third kappa shape index (κ3) is 2.96. The molecule has 0 saturated heterocycles. The van der Waals surface area contributed by atoms with Crippen LogP contribution in [-0.2, 0) is 4.79 Å². The molecule has 14 heavy (non-hydrogen) atoms. The van der Waals surface area contributed by atoms with Gasteiger partial charge in [0.2, 0.25) is 0 Å². The Morgan fingerprint density at radius 3 is 3.14 bits per heavy atom. The molecule has 1 rings (SSSR count). The molecule has 1 amide bonds. The second-order valence-electron chi connectivity index (χ2n) is 2.77. The van der Waals surface area contributed by atoms with Gasteiger partial charge in [0.05, 0.1) is 10.1 Å². The minimum absolute atomic E-state index is 0.231. The zero-order valence-corrected chi connectivity index (χ0v) is 9.63. The maximum absolute atomic E-state index is 11.3. The van der Waals surface area contributed by atoms with Gasteiger partial charge in [-0.2, -0.15) is 5.26 Å².